The van der Waals surface area contributed by atoms with Crippen LogP contribution in [0.15, 0.2) is 41.3 Å². The van der Waals surface area contributed by atoms with Crippen molar-refractivity contribution in [3.05, 3.63) is 52.5 Å². The summed E-state index contributed by atoms with van der Waals surface area (Å²) in [6, 6.07) is 9.69. The van der Waals surface area contributed by atoms with Crippen LogP contribution in [-0.4, -0.2) is 50.2 Å². The second-order valence-corrected chi connectivity index (χ2v) is 10.5. The molecule has 4 aromatic rings. The summed E-state index contributed by atoms with van der Waals surface area (Å²) in [5.41, 5.74) is 1.89. The Morgan fingerprint density at radius 2 is 1.74 bits per heavy atom. The molecule has 0 bridgehead atoms. The topological polar surface area (TPSA) is 168 Å². The number of hydrogen-bond acceptors (Lipinski definition) is 12. The average Bonchev–Trinajstić information content (AvgIpc) is 3.26. The molecule has 14 heteroatoms. The zero-order valence-corrected chi connectivity index (χ0v) is 22.7. The molecule has 4 N–H and O–H groups in total. The number of hydrogen-bond donors (Lipinski definition) is 3. The maximum Gasteiger partial charge on any atom is 0.350 e. The number of carbonyl (C=O) groups excluding carboxylic acids is 1. The maximum absolute atomic E-state index is 12.2. The number of benzene rings is 2. The minimum absolute atomic E-state index is 0.0259. The van der Waals surface area contributed by atoms with Crippen molar-refractivity contribution in [3.63, 3.8) is 0 Å². The number of carbonyl (C=O) groups is 1. The van der Waals surface area contributed by atoms with Crippen LogP contribution >= 0.6 is 11.3 Å². The van der Waals surface area contributed by atoms with E-state index in [9.17, 15) is 13.2 Å². The molecule has 200 valence electrons. The monoisotopic (exact) mass is 558 g/mol. The van der Waals surface area contributed by atoms with Crippen molar-refractivity contribution in [1.29, 1.82) is 0 Å². The molecule has 0 spiro atoms. The number of esters is 1. The fraction of sp³-hybridized carbons (Fsp3) is 0.250. The van der Waals surface area contributed by atoms with Gasteiger partial charge in [-0.1, -0.05) is 23.5 Å². The molecule has 0 aliphatic rings. The number of nitrogens with two attached hydrogens (primary N) is 1. The zero-order valence-electron chi connectivity index (χ0n) is 21.1. The van der Waals surface area contributed by atoms with Crippen LogP contribution in [0.25, 0.3) is 10.9 Å². The van der Waals surface area contributed by atoms with E-state index >= 15 is 0 Å². The summed E-state index contributed by atoms with van der Waals surface area (Å²) in [6.45, 7) is 4.05. The number of primary sulfonamides is 1. The van der Waals surface area contributed by atoms with Crippen molar-refractivity contribution >= 4 is 55.1 Å². The van der Waals surface area contributed by atoms with E-state index < -0.39 is 16.0 Å². The Morgan fingerprint density at radius 3 is 2.37 bits per heavy atom. The number of ether oxygens (including phenoxy) is 3. The number of methoxy groups -OCH3 is 2. The number of aryl methyl sites for hydroxylation is 1. The first-order chi connectivity index (χ1) is 18.1. The molecule has 38 heavy (non-hydrogen) atoms. The quantitative estimate of drug-likeness (QED) is 0.243. The van der Waals surface area contributed by atoms with Crippen molar-refractivity contribution < 1.29 is 27.4 Å². The molecule has 12 nitrogen and oxygen atoms in total. The van der Waals surface area contributed by atoms with Gasteiger partial charge in [-0.05, 0) is 37.6 Å². The second kappa shape index (κ2) is 11.2. The van der Waals surface area contributed by atoms with Gasteiger partial charge in [0.1, 0.15) is 10.7 Å². The summed E-state index contributed by atoms with van der Waals surface area (Å²) in [4.78, 5) is 26.2. The molecule has 2 aromatic heterocycles. The lowest BCUT2D eigenvalue weighted by atomic mass is 10.2. The molecule has 0 fully saturated rings. The molecule has 0 saturated carbocycles. The van der Waals surface area contributed by atoms with Crippen molar-refractivity contribution in [3.8, 4) is 11.5 Å². The predicted octanol–water partition coefficient (Wildman–Crippen LogP) is 3.59. The van der Waals surface area contributed by atoms with E-state index in [1.54, 1.807) is 38.1 Å². The molecule has 0 atom stereocenters. The van der Waals surface area contributed by atoms with Gasteiger partial charge in [-0.15, -0.1) is 0 Å². The Balaban J connectivity index is 1.69. The van der Waals surface area contributed by atoms with Crippen LogP contribution in [0.5, 0.6) is 11.5 Å². The largest absolute Gasteiger partial charge is 0.493 e. The van der Waals surface area contributed by atoms with E-state index in [2.05, 4.69) is 25.6 Å². The summed E-state index contributed by atoms with van der Waals surface area (Å²) in [5, 5.41) is 12.6. The maximum atomic E-state index is 12.2. The molecule has 0 radical (unpaired) electrons. The standard InChI is InChI=1S/C24H26N6O6S2/c1-5-36-22(31)20-13(2)27-24(37-20)30-23-28-17-11-19(35-4)18(34-3)10-16(17)21(29-23)26-12-14-6-8-15(9-7-14)38(25,32)33/h6-11H,5,12H2,1-4H3,(H2,25,32,33)(H2,26,27,28,29,30). The van der Waals surface area contributed by atoms with Crippen LogP contribution < -0.4 is 25.2 Å². The third-order valence-electron chi connectivity index (χ3n) is 5.39. The first kappa shape index (κ1) is 27.0. The molecular weight excluding hydrogens is 532 g/mol. The molecular formula is C24H26N6O6S2. The lowest BCUT2D eigenvalue weighted by molar-refractivity contribution is 0.0531. The van der Waals surface area contributed by atoms with Crippen LogP contribution in [0.3, 0.4) is 0 Å². The predicted molar refractivity (Wildman–Crippen MR) is 144 cm³/mol. The lowest BCUT2D eigenvalue weighted by Gasteiger charge is -2.14. The Morgan fingerprint density at radius 1 is 1.05 bits per heavy atom. The second-order valence-electron chi connectivity index (χ2n) is 7.94. The highest BCUT2D eigenvalue weighted by Crippen LogP contribution is 2.35. The van der Waals surface area contributed by atoms with Crippen molar-refractivity contribution in [1.82, 2.24) is 15.0 Å². The summed E-state index contributed by atoms with van der Waals surface area (Å²) < 4.78 is 39.1. The molecule has 0 saturated heterocycles. The van der Waals surface area contributed by atoms with Crippen LogP contribution in [0.4, 0.5) is 16.9 Å². The van der Waals surface area contributed by atoms with Gasteiger partial charge >= 0.3 is 5.97 Å². The third kappa shape index (κ3) is 5.93. The average molecular weight is 559 g/mol. The Labute approximate surface area is 223 Å². The van der Waals surface area contributed by atoms with Crippen LogP contribution in [0, 0.1) is 6.92 Å². The number of anilines is 3. The van der Waals surface area contributed by atoms with Gasteiger partial charge in [-0.3, -0.25) is 5.32 Å². The molecule has 0 amide bonds. The lowest BCUT2D eigenvalue weighted by Crippen LogP contribution is -2.12. The van der Waals surface area contributed by atoms with E-state index in [0.717, 1.165) is 16.9 Å². The Bertz CT molecular complexity index is 1590. The number of thiazole rings is 1. The van der Waals surface area contributed by atoms with Crippen LogP contribution in [0.1, 0.15) is 27.9 Å². The number of rotatable bonds is 10. The highest BCUT2D eigenvalue weighted by molar-refractivity contribution is 7.89. The number of fused-ring (bicyclic) bond motifs is 1. The van der Waals surface area contributed by atoms with Gasteiger partial charge in [0.2, 0.25) is 16.0 Å². The highest BCUT2D eigenvalue weighted by Gasteiger charge is 2.18. The molecule has 0 unspecified atom stereocenters. The normalized spacial score (nSPS) is 11.3. The fourth-order valence-corrected chi connectivity index (χ4v) is 4.93. The third-order valence-corrected chi connectivity index (χ3v) is 7.37. The summed E-state index contributed by atoms with van der Waals surface area (Å²) in [5.74, 6) is 1.26. The van der Waals surface area contributed by atoms with Gasteiger partial charge in [0.25, 0.3) is 0 Å². The number of sulfonamides is 1. The highest BCUT2D eigenvalue weighted by atomic mass is 32.2. The van der Waals surface area contributed by atoms with Crippen molar-refractivity contribution in [2.75, 3.05) is 31.5 Å². The first-order valence-electron chi connectivity index (χ1n) is 11.3. The zero-order chi connectivity index (χ0) is 27.4. The summed E-state index contributed by atoms with van der Waals surface area (Å²) >= 11 is 1.14. The van der Waals surface area contributed by atoms with E-state index in [1.807, 2.05) is 0 Å². The number of nitrogens with zero attached hydrogens (tertiary/aromatic N) is 3. The molecule has 2 aromatic carbocycles. The van der Waals surface area contributed by atoms with E-state index in [0.29, 0.717) is 50.5 Å². The molecule has 2 heterocycles. The smallest absolute Gasteiger partial charge is 0.350 e. The van der Waals surface area contributed by atoms with E-state index in [4.69, 9.17) is 19.3 Å². The van der Waals surface area contributed by atoms with Gasteiger partial charge in [0, 0.05) is 18.0 Å². The summed E-state index contributed by atoms with van der Waals surface area (Å²) in [7, 11) is -0.719. The van der Waals surface area contributed by atoms with Gasteiger partial charge in [-0.25, -0.2) is 28.3 Å². The molecule has 0 aliphatic carbocycles. The van der Waals surface area contributed by atoms with Gasteiger partial charge < -0.3 is 19.5 Å². The summed E-state index contributed by atoms with van der Waals surface area (Å²) in [6.07, 6.45) is 0. The number of nitrogens with one attached hydrogen (secondary N) is 2. The fourth-order valence-electron chi connectivity index (χ4n) is 3.56. The van der Waals surface area contributed by atoms with Crippen LogP contribution in [0.2, 0.25) is 0 Å². The Kier molecular flexibility index (Phi) is 7.94. The van der Waals surface area contributed by atoms with Crippen molar-refractivity contribution in [2.45, 2.75) is 25.3 Å². The van der Waals surface area contributed by atoms with E-state index in [1.165, 1.54) is 26.4 Å². The molecule has 4 rings (SSSR count). The van der Waals surface area contributed by atoms with Gasteiger partial charge in [0.15, 0.2) is 16.6 Å². The van der Waals surface area contributed by atoms with Crippen molar-refractivity contribution in [2.24, 2.45) is 5.14 Å². The number of aromatic nitrogens is 3. The first-order valence-corrected chi connectivity index (χ1v) is 13.7. The van der Waals surface area contributed by atoms with E-state index in [-0.39, 0.29) is 17.5 Å². The minimum Gasteiger partial charge on any atom is -0.493 e. The molecule has 0 aliphatic heterocycles. The Hall–Kier alpha value is -4.01. The minimum atomic E-state index is -3.78. The van der Waals surface area contributed by atoms with Gasteiger partial charge in [-0.2, -0.15) is 4.98 Å². The SMILES string of the molecule is CCOC(=O)c1sc(Nc2nc(NCc3ccc(S(N)(=O)=O)cc3)c3cc(OC)c(OC)cc3n2)nc1C. The van der Waals surface area contributed by atoms with Crippen LogP contribution in [-0.2, 0) is 21.3 Å². The van der Waals surface area contributed by atoms with Gasteiger partial charge in [0.05, 0.1) is 36.9 Å².